The highest BCUT2D eigenvalue weighted by atomic mass is 35.5. The molecule has 0 saturated carbocycles. The minimum atomic E-state index is 0. The molecule has 0 heterocycles. The molecule has 0 saturated heterocycles. The van der Waals surface area contributed by atoms with Gasteiger partial charge in [-0.05, 0) is 29.0 Å². The second-order valence-corrected chi connectivity index (χ2v) is 7.14. The van der Waals surface area contributed by atoms with Crippen molar-refractivity contribution in [1.29, 1.82) is 0 Å². The third kappa shape index (κ3) is 6.75. The number of aliphatic hydroxyl groups is 1. The third-order valence-corrected chi connectivity index (χ3v) is 4.94. The first kappa shape index (κ1) is 23.7. The van der Waals surface area contributed by atoms with Gasteiger partial charge in [0.2, 0.25) is 0 Å². The Hall–Kier alpha value is -1.53. The minimum Gasteiger partial charge on any atom is -0.488 e. The first-order valence-electron chi connectivity index (χ1n) is 9.15. The topological polar surface area (TPSA) is 50.7 Å². The number of hydrogen-bond donors (Lipinski definition) is 2. The molecule has 7 heteroatoms. The van der Waals surface area contributed by atoms with Crippen LogP contribution in [-0.2, 0) is 17.9 Å². The second kappa shape index (κ2) is 12.2. The number of ether oxygens (including phenoxy) is 2. The highest BCUT2D eigenvalue weighted by Crippen LogP contribution is 2.30. The van der Waals surface area contributed by atoms with Gasteiger partial charge in [-0.25, -0.2) is 0 Å². The molecule has 0 aliphatic heterocycles. The average Bonchev–Trinajstić information content (AvgIpc) is 2.70. The number of benzene rings is 3. The lowest BCUT2D eigenvalue weighted by atomic mass is 10.0. The Morgan fingerprint density at radius 2 is 1.79 bits per heavy atom. The number of rotatable bonds is 10. The number of hydrogen-bond acceptors (Lipinski definition) is 4. The summed E-state index contributed by atoms with van der Waals surface area (Å²) in [5, 5.41) is 15.6. The van der Waals surface area contributed by atoms with Crippen LogP contribution in [0.15, 0.2) is 54.6 Å². The van der Waals surface area contributed by atoms with E-state index < -0.39 is 0 Å². The first-order chi connectivity index (χ1) is 13.7. The molecule has 4 nitrogen and oxygen atoms in total. The quantitative estimate of drug-likeness (QED) is 0.409. The first-order valence-corrected chi connectivity index (χ1v) is 9.91. The van der Waals surface area contributed by atoms with E-state index in [-0.39, 0.29) is 19.0 Å². The molecule has 3 aromatic carbocycles. The molecule has 156 valence electrons. The van der Waals surface area contributed by atoms with Gasteiger partial charge in [-0.1, -0.05) is 59.6 Å². The zero-order valence-electron chi connectivity index (χ0n) is 15.9. The van der Waals surface area contributed by atoms with E-state index in [0.717, 1.165) is 27.6 Å². The molecule has 0 spiro atoms. The molecule has 2 N–H and O–H groups in total. The van der Waals surface area contributed by atoms with Gasteiger partial charge in [0.25, 0.3) is 0 Å². The van der Waals surface area contributed by atoms with E-state index in [1.165, 1.54) is 0 Å². The summed E-state index contributed by atoms with van der Waals surface area (Å²) in [6.45, 7) is 2.63. The summed E-state index contributed by atoms with van der Waals surface area (Å²) in [7, 11) is 0. The van der Waals surface area contributed by atoms with Crippen LogP contribution in [0.1, 0.15) is 11.1 Å². The fraction of sp³-hybridized carbons (Fsp3) is 0.273. The van der Waals surface area contributed by atoms with Gasteiger partial charge in [0.1, 0.15) is 12.4 Å². The van der Waals surface area contributed by atoms with Crippen molar-refractivity contribution >= 4 is 46.4 Å². The van der Waals surface area contributed by atoms with Gasteiger partial charge >= 0.3 is 0 Å². The van der Waals surface area contributed by atoms with Crippen molar-refractivity contribution in [2.45, 2.75) is 13.2 Å². The van der Waals surface area contributed by atoms with Crippen LogP contribution in [-0.4, -0.2) is 31.5 Å². The molecule has 0 radical (unpaired) electrons. The Kier molecular flexibility index (Phi) is 10.0. The Labute approximate surface area is 187 Å². The van der Waals surface area contributed by atoms with E-state index in [1.807, 2.05) is 24.3 Å². The lowest BCUT2D eigenvalue weighted by Gasteiger charge is -2.16. The summed E-state index contributed by atoms with van der Waals surface area (Å²) in [4.78, 5) is 0. The van der Waals surface area contributed by atoms with Gasteiger partial charge in [0.15, 0.2) is 0 Å². The standard InChI is InChI=1S/C22H23Cl2NO3.ClH/c23-18-7-5-17(21(24)13-18)15-28-22-8-6-16-3-1-2-4-19(16)20(22)14-25-9-11-27-12-10-26;/h1-8,13,25-26H,9-12,14-15H2;1H. The van der Waals surface area contributed by atoms with Gasteiger partial charge in [0.05, 0.1) is 19.8 Å². The number of fused-ring (bicyclic) bond motifs is 1. The maximum Gasteiger partial charge on any atom is 0.124 e. The Balaban J connectivity index is 0.00000300. The summed E-state index contributed by atoms with van der Waals surface area (Å²) >= 11 is 12.2. The summed E-state index contributed by atoms with van der Waals surface area (Å²) < 4.78 is 11.4. The van der Waals surface area contributed by atoms with Crippen LogP contribution in [0.5, 0.6) is 5.75 Å². The molecule has 0 amide bonds. The monoisotopic (exact) mass is 455 g/mol. The summed E-state index contributed by atoms with van der Waals surface area (Å²) in [5.74, 6) is 0.813. The summed E-state index contributed by atoms with van der Waals surface area (Å²) in [6.07, 6.45) is 0. The zero-order chi connectivity index (χ0) is 19.8. The predicted octanol–water partition coefficient (Wildman–Crippen LogP) is 5.25. The molecule has 0 bridgehead atoms. The van der Waals surface area contributed by atoms with Crippen LogP contribution >= 0.6 is 35.6 Å². The van der Waals surface area contributed by atoms with E-state index in [9.17, 15) is 0 Å². The lowest BCUT2D eigenvalue weighted by Crippen LogP contribution is -2.20. The second-order valence-electron chi connectivity index (χ2n) is 6.30. The third-order valence-electron chi connectivity index (χ3n) is 4.36. The van der Waals surface area contributed by atoms with Crippen LogP contribution in [0.25, 0.3) is 10.8 Å². The van der Waals surface area contributed by atoms with E-state index in [2.05, 4.69) is 23.5 Å². The maximum absolute atomic E-state index is 8.76. The number of nitrogens with one attached hydrogen (secondary N) is 1. The highest BCUT2D eigenvalue weighted by Gasteiger charge is 2.10. The van der Waals surface area contributed by atoms with Crippen molar-refractivity contribution in [1.82, 2.24) is 5.32 Å². The van der Waals surface area contributed by atoms with Crippen molar-refractivity contribution in [3.8, 4) is 5.75 Å². The summed E-state index contributed by atoms with van der Waals surface area (Å²) in [5.41, 5.74) is 1.97. The van der Waals surface area contributed by atoms with E-state index in [0.29, 0.717) is 43.0 Å². The Bertz CT molecular complexity index is 921. The molecule has 0 aliphatic carbocycles. The predicted molar refractivity (Wildman–Crippen MR) is 122 cm³/mol. The smallest absolute Gasteiger partial charge is 0.124 e. The van der Waals surface area contributed by atoms with Crippen molar-refractivity contribution < 1.29 is 14.6 Å². The van der Waals surface area contributed by atoms with Crippen molar-refractivity contribution in [2.75, 3.05) is 26.4 Å². The summed E-state index contributed by atoms with van der Waals surface area (Å²) in [6, 6.07) is 17.7. The van der Waals surface area contributed by atoms with Gasteiger partial charge in [-0.2, -0.15) is 0 Å². The van der Waals surface area contributed by atoms with Crippen molar-refractivity contribution in [2.24, 2.45) is 0 Å². The molecule has 0 aliphatic rings. The van der Waals surface area contributed by atoms with Crippen LogP contribution in [0.3, 0.4) is 0 Å². The molecule has 3 aromatic rings. The minimum absolute atomic E-state index is 0. The fourth-order valence-corrected chi connectivity index (χ4v) is 3.42. The van der Waals surface area contributed by atoms with Crippen LogP contribution in [0.2, 0.25) is 10.0 Å². The van der Waals surface area contributed by atoms with E-state index in [4.69, 9.17) is 37.8 Å². The van der Waals surface area contributed by atoms with Crippen molar-refractivity contribution in [3.05, 3.63) is 75.8 Å². The normalized spacial score (nSPS) is 10.7. The highest BCUT2D eigenvalue weighted by molar-refractivity contribution is 6.35. The lowest BCUT2D eigenvalue weighted by molar-refractivity contribution is 0.0938. The number of halogens is 3. The largest absolute Gasteiger partial charge is 0.488 e. The van der Waals surface area contributed by atoms with Gasteiger partial charge in [-0.15, -0.1) is 12.4 Å². The van der Waals surface area contributed by atoms with Gasteiger partial charge in [-0.3, -0.25) is 0 Å². The van der Waals surface area contributed by atoms with Crippen LogP contribution < -0.4 is 10.1 Å². The van der Waals surface area contributed by atoms with E-state index in [1.54, 1.807) is 12.1 Å². The van der Waals surface area contributed by atoms with Crippen LogP contribution in [0, 0.1) is 0 Å². The van der Waals surface area contributed by atoms with E-state index >= 15 is 0 Å². The maximum atomic E-state index is 8.76. The number of aliphatic hydroxyl groups excluding tert-OH is 1. The molecule has 29 heavy (non-hydrogen) atoms. The Morgan fingerprint density at radius 3 is 2.59 bits per heavy atom. The molecule has 0 unspecified atom stereocenters. The van der Waals surface area contributed by atoms with Crippen molar-refractivity contribution in [3.63, 3.8) is 0 Å². The van der Waals surface area contributed by atoms with Gasteiger partial charge in [0, 0.05) is 34.3 Å². The van der Waals surface area contributed by atoms with Crippen LogP contribution in [0.4, 0.5) is 0 Å². The SMILES string of the molecule is Cl.OCCOCCNCc1c(OCc2ccc(Cl)cc2Cl)ccc2ccccc12. The zero-order valence-corrected chi connectivity index (χ0v) is 18.2. The average molecular weight is 457 g/mol. The van der Waals surface area contributed by atoms with Gasteiger partial charge < -0.3 is 19.9 Å². The fourth-order valence-electron chi connectivity index (χ4n) is 2.95. The molecular formula is C22H24Cl3NO3. The Morgan fingerprint density at radius 1 is 0.966 bits per heavy atom. The molecule has 0 aromatic heterocycles. The molecule has 0 atom stereocenters. The molecule has 0 fully saturated rings. The molecular weight excluding hydrogens is 433 g/mol. The molecule has 3 rings (SSSR count).